The quantitative estimate of drug-likeness (QED) is 0.850. The van der Waals surface area contributed by atoms with Gasteiger partial charge in [0.15, 0.2) is 0 Å². The summed E-state index contributed by atoms with van der Waals surface area (Å²) in [6.45, 7) is 10.5. The SMILES string of the molecule is CCN(CC1CCCCN1)C(c1cccs1)C(C)C. The Morgan fingerprint density at radius 3 is 2.79 bits per heavy atom. The fraction of sp³-hybridized carbons (Fsp3) is 0.750. The third-order valence-corrected chi connectivity index (χ3v) is 5.08. The third kappa shape index (κ3) is 4.04. The molecule has 1 fully saturated rings. The van der Waals surface area contributed by atoms with Crippen LogP contribution in [0.2, 0.25) is 0 Å². The van der Waals surface area contributed by atoms with E-state index < -0.39 is 0 Å². The molecule has 2 unspecified atom stereocenters. The Hall–Kier alpha value is -0.380. The van der Waals surface area contributed by atoms with Crippen molar-refractivity contribution in [3.8, 4) is 0 Å². The smallest absolute Gasteiger partial charge is 0.0464 e. The van der Waals surface area contributed by atoms with Crippen LogP contribution in [0.4, 0.5) is 0 Å². The third-order valence-electron chi connectivity index (χ3n) is 4.13. The van der Waals surface area contributed by atoms with Crippen LogP contribution in [0.25, 0.3) is 0 Å². The average Bonchev–Trinajstić information content (AvgIpc) is 2.92. The summed E-state index contributed by atoms with van der Waals surface area (Å²) in [5.74, 6) is 0.669. The predicted octanol–water partition coefficient (Wildman–Crippen LogP) is 3.91. The zero-order valence-corrected chi connectivity index (χ0v) is 13.4. The van der Waals surface area contributed by atoms with Crippen LogP contribution in [0, 0.1) is 5.92 Å². The number of nitrogens with zero attached hydrogens (tertiary/aromatic N) is 1. The van der Waals surface area contributed by atoms with Gasteiger partial charge >= 0.3 is 0 Å². The molecule has 0 radical (unpaired) electrons. The topological polar surface area (TPSA) is 15.3 Å². The molecule has 1 aliphatic heterocycles. The van der Waals surface area contributed by atoms with Crippen molar-refractivity contribution in [2.45, 2.75) is 52.1 Å². The molecule has 1 aromatic rings. The standard InChI is InChI=1S/C16H28N2S/c1-4-18(12-14-8-5-6-10-17-14)16(13(2)3)15-9-7-11-19-15/h7,9,11,13-14,16-17H,4-6,8,10,12H2,1-3H3. The van der Waals surface area contributed by atoms with Gasteiger partial charge in [0.1, 0.15) is 0 Å². The summed E-state index contributed by atoms with van der Waals surface area (Å²) < 4.78 is 0. The first kappa shape index (κ1) is 15.0. The lowest BCUT2D eigenvalue weighted by Gasteiger charge is -2.37. The number of thiophene rings is 1. The van der Waals surface area contributed by atoms with Crippen LogP contribution in [0.15, 0.2) is 17.5 Å². The molecule has 1 N–H and O–H groups in total. The average molecular weight is 280 g/mol. The van der Waals surface area contributed by atoms with Gasteiger partial charge in [-0.25, -0.2) is 0 Å². The first-order chi connectivity index (χ1) is 9.22. The molecule has 0 aliphatic carbocycles. The molecule has 1 saturated heterocycles. The maximum Gasteiger partial charge on any atom is 0.0464 e. The maximum absolute atomic E-state index is 3.68. The van der Waals surface area contributed by atoms with Gasteiger partial charge in [-0.05, 0) is 43.3 Å². The Labute approximate surface area is 122 Å². The molecule has 0 spiro atoms. The minimum Gasteiger partial charge on any atom is -0.313 e. The van der Waals surface area contributed by atoms with Gasteiger partial charge in [-0.3, -0.25) is 4.90 Å². The number of hydrogen-bond acceptors (Lipinski definition) is 3. The van der Waals surface area contributed by atoms with Crippen molar-refractivity contribution in [3.05, 3.63) is 22.4 Å². The fourth-order valence-electron chi connectivity index (χ4n) is 3.19. The highest BCUT2D eigenvalue weighted by Gasteiger charge is 2.26. The van der Waals surface area contributed by atoms with Crippen molar-refractivity contribution >= 4 is 11.3 Å². The van der Waals surface area contributed by atoms with Gasteiger partial charge in [-0.1, -0.05) is 33.3 Å². The van der Waals surface area contributed by atoms with Gasteiger partial charge in [-0.15, -0.1) is 11.3 Å². The van der Waals surface area contributed by atoms with Gasteiger partial charge in [0.05, 0.1) is 0 Å². The highest BCUT2D eigenvalue weighted by Crippen LogP contribution is 2.32. The van der Waals surface area contributed by atoms with E-state index >= 15 is 0 Å². The van der Waals surface area contributed by atoms with Crippen molar-refractivity contribution < 1.29 is 0 Å². The number of likely N-dealkylation sites (N-methyl/N-ethyl adjacent to an activating group) is 1. The minimum absolute atomic E-state index is 0.578. The molecule has 1 aromatic heterocycles. The van der Waals surface area contributed by atoms with Crippen LogP contribution in [0.5, 0.6) is 0 Å². The summed E-state index contributed by atoms with van der Waals surface area (Å²) in [7, 11) is 0. The molecule has 0 amide bonds. The lowest BCUT2D eigenvalue weighted by molar-refractivity contribution is 0.141. The second-order valence-electron chi connectivity index (χ2n) is 5.94. The summed E-state index contributed by atoms with van der Waals surface area (Å²) in [5, 5.41) is 5.89. The highest BCUT2D eigenvalue weighted by molar-refractivity contribution is 7.10. The van der Waals surface area contributed by atoms with E-state index in [2.05, 4.69) is 48.5 Å². The zero-order valence-electron chi connectivity index (χ0n) is 12.6. The highest BCUT2D eigenvalue weighted by atomic mass is 32.1. The molecule has 2 atom stereocenters. The number of piperidine rings is 1. The van der Waals surface area contributed by atoms with Crippen molar-refractivity contribution in [1.82, 2.24) is 10.2 Å². The van der Waals surface area contributed by atoms with Gasteiger partial charge in [-0.2, -0.15) is 0 Å². The van der Waals surface area contributed by atoms with Crippen LogP contribution in [0.3, 0.4) is 0 Å². The van der Waals surface area contributed by atoms with E-state index in [1.54, 1.807) is 0 Å². The molecule has 0 saturated carbocycles. The molecule has 19 heavy (non-hydrogen) atoms. The predicted molar refractivity (Wildman–Crippen MR) is 84.8 cm³/mol. The molecule has 108 valence electrons. The van der Waals surface area contributed by atoms with Gasteiger partial charge in [0.2, 0.25) is 0 Å². The van der Waals surface area contributed by atoms with Crippen LogP contribution in [0.1, 0.15) is 51.0 Å². The molecule has 0 bridgehead atoms. The summed E-state index contributed by atoms with van der Waals surface area (Å²) in [6, 6.07) is 5.75. The second kappa shape index (κ2) is 7.41. The molecular formula is C16H28N2S. The molecule has 2 heterocycles. The van der Waals surface area contributed by atoms with Crippen LogP contribution in [-0.2, 0) is 0 Å². The molecule has 1 aliphatic rings. The fourth-order valence-corrected chi connectivity index (χ4v) is 4.22. The Kier molecular flexibility index (Phi) is 5.86. The first-order valence-corrected chi connectivity index (χ1v) is 8.61. The molecule has 0 aromatic carbocycles. The van der Waals surface area contributed by atoms with Crippen LogP contribution >= 0.6 is 11.3 Å². The second-order valence-corrected chi connectivity index (χ2v) is 6.92. The number of hydrogen-bond donors (Lipinski definition) is 1. The maximum atomic E-state index is 3.68. The summed E-state index contributed by atoms with van der Waals surface area (Å²) >= 11 is 1.90. The van der Waals surface area contributed by atoms with E-state index in [9.17, 15) is 0 Å². The summed E-state index contributed by atoms with van der Waals surface area (Å²) in [6.07, 6.45) is 4.08. The molecular weight excluding hydrogens is 252 g/mol. The normalized spacial score (nSPS) is 22.1. The molecule has 3 heteroatoms. The van der Waals surface area contributed by atoms with E-state index in [1.807, 2.05) is 11.3 Å². The zero-order chi connectivity index (χ0) is 13.7. The number of rotatable bonds is 6. The Balaban J connectivity index is 2.04. The van der Waals surface area contributed by atoms with E-state index in [1.165, 1.54) is 37.2 Å². The van der Waals surface area contributed by atoms with Crippen molar-refractivity contribution in [1.29, 1.82) is 0 Å². The Morgan fingerprint density at radius 2 is 2.26 bits per heavy atom. The summed E-state index contributed by atoms with van der Waals surface area (Å²) in [5.41, 5.74) is 0. The van der Waals surface area contributed by atoms with E-state index in [4.69, 9.17) is 0 Å². The van der Waals surface area contributed by atoms with Gasteiger partial charge in [0.25, 0.3) is 0 Å². The van der Waals surface area contributed by atoms with Crippen molar-refractivity contribution in [3.63, 3.8) is 0 Å². The van der Waals surface area contributed by atoms with Gasteiger partial charge in [0, 0.05) is 23.5 Å². The summed E-state index contributed by atoms with van der Waals surface area (Å²) in [4.78, 5) is 4.19. The number of nitrogens with one attached hydrogen (secondary N) is 1. The van der Waals surface area contributed by atoms with Gasteiger partial charge < -0.3 is 5.32 Å². The molecule has 2 rings (SSSR count). The molecule has 2 nitrogen and oxygen atoms in total. The first-order valence-electron chi connectivity index (χ1n) is 7.73. The van der Waals surface area contributed by atoms with Crippen LogP contribution in [-0.4, -0.2) is 30.6 Å². The Bertz CT molecular complexity index is 342. The van der Waals surface area contributed by atoms with Crippen LogP contribution < -0.4 is 5.32 Å². The van der Waals surface area contributed by atoms with Crippen molar-refractivity contribution in [2.24, 2.45) is 5.92 Å². The minimum atomic E-state index is 0.578. The lowest BCUT2D eigenvalue weighted by Crippen LogP contribution is -2.45. The van der Waals surface area contributed by atoms with Crippen molar-refractivity contribution in [2.75, 3.05) is 19.6 Å². The van der Waals surface area contributed by atoms with E-state index in [-0.39, 0.29) is 0 Å². The largest absolute Gasteiger partial charge is 0.313 e. The van der Waals surface area contributed by atoms with E-state index in [0.29, 0.717) is 18.0 Å². The van der Waals surface area contributed by atoms with E-state index in [0.717, 1.165) is 6.54 Å². The Morgan fingerprint density at radius 1 is 1.42 bits per heavy atom. The monoisotopic (exact) mass is 280 g/mol. The lowest BCUT2D eigenvalue weighted by atomic mass is 9.98.